The first-order valence-electron chi connectivity index (χ1n) is 7.84. The van der Waals surface area contributed by atoms with E-state index in [0.717, 1.165) is 25.9 Å². The largest absolute Gasteiger partial charge is 0.312 e. The molecule has 1 rings (SSSR count). The van der Waals surface area contributed by atoms with E-state index in [4.69, 9.17) is 0 Å². The molecule has 0 aromatic carbocycles. The molecule has 0 unspecified atom stereocenters. The van der Waals surface area contributed by atoms with Gasteiger partial charge in [0, 0.05) is 23.6 Å². The fraction of sp³-hybridized carbons (Fsp3) is 0.800. The van der Waals surface area contributed by atoms with Crippen LogP contribution in [0, 0.1) is 5.92 Å². The topological polar surface area (TPSA) is 64.0 Å². The van der Waals surface area contributed by atoms with Gasteiger partial charge in [-0.2, -0.15) is 5.10 Å². The van der Waals surface area contributed by atoms with Gasteiger partial charge < -0.3 is 5.32 Å². The highest BCUT2D eigenvalue weighted by molar-refractivity contribution is 7.91. The predicted octanol–water partition coefficient (Wildman–Crippen LogP) is 2.02. The lowest BCUT2D eigenvalue weighted by Crippen LogP contribution is -2.20. The van der Waals surface area contributed by atoms with E-state index >= 15 is 0 Å². The molecule has 0 radical (unpaired) electrons. The molecule has 0 spiro atoms. The average molecular weight is 315 g/mol. The molecule has 6 heteroatoms. The lowest BCUT2D eigenvalue weighted by atomic mass is 10.1. The van der Waals surface area contributed by atoms with E-state index in [1.807, 2.05) is 10.9 Å². The van der Waals surface area contributed by atoms with Gasteiger partial charge in [0.1, 0.15) is 0 Å². The van der Waals surface area contributed by atoms with Crippen molar-refractivity contribution >= 4 is 9.84 Å². The van der Waals surface area contributed by atoms with Gasteiger partial charge in [-0.15, -0.1) is 0 Å². The van der Waals surface area contributed by atoms with Crippen molar-refractivity contribution in [2.45, 2.75) is 53.6 Å². The Morgan fingerprint density at radius 1 is 1.33 bits per heavy atom. The van der Waals surface area contributed by atoms with Crippen molar-refractivity contribution in [1.29, 1.82) is 0 Å². The van der Waals surface area contributed by atoms with Crippen LogP contribution in [0.5, 0.6) is 0 Å². The fourth-order valence-corrected chi connectivity index (χ4v) is 2.92. The fourth-order valence-electron chi connectivity index (χ4n) is 2.18. The molecule has 0 atom stereocenters. The Bertz CT molecular complexity index is 521. The van der Waals surface area contributed by atoms with E-state index in [2.05, 4.69) is 31.2 Å². The molecule has 0 bridgehead atoms. The Labute approximate surface area is 129 Å². The summed E-state index contributed by atoms with van der Waals surface area (Å²) < 4.78 is 25.1. The van der Waals surface area contributed by atoms with Crippen LogP contribution < -0.4 is 5.32 Å². The number of hydrogen-bond donors (Lipinski definition) is 1. The molecule has 0 saturated heterocycles. The van der Waals surface area contributed by atoms with Gasteiger partial charge in [0.05, 0.1) is 18.5 Å². The lowest BCUT2D eigenvalue weighted by Gasteiger charge is -2.10. The molecule has 1 heterocycles. The Balaban J connectivity index is 2.73. The third-order valence-electron chi connectivity index (χ3n) is 3.44. The SMILES string of the molecule is CCCc1c(CNCC(C)C)cnn1CCS(=O)(=O)CC. The molecule has 0 amide bonds. The van der Waals surface area contributed by atoms with Crippen LogP contribution in [0.2, 0.25) is 0 Å². The summed E-state index contributed by atoms with van der Waals surface area (Å²) in [7, 11) is -2.94. The second kappa shape index (κ2) is 8.54. The van der Waals surface area contributed by atoms with Gasteiger partial charge in [-0.1, -0.05) is 34.1 Å². The molecule has 122 valence electrons. The molecule has 0 aliphatic carbocycles. The summed E-state index contributed by atoms with van der Waals surface area (Å²) in [5, 5.41) is 7.81. The second-order valence-electron chi connectivity index (χ2n) is 5.85. The molecule has 0 saturated carbocycles. The van der Waals surface area contributed by atoms with Gasteiger partial charge in [0.25, 0.3) is 0 Å². The van der Waals surface area contributed by atoms with Crippen LogP contribution in [-0.2, 0) is 29.3 Å². The van der Waals surface area contributed by atoms with Crippen molar-refractivity contribution < 1.29 is 8.42 Å². The minimum atomic E-state index is -2.94. The molecule has 0 fully saturated rings. The van der Waals surface area contributed by atoms with Crippen LogP contribution in [0.4, 0.5) is 0 Å². The van der Waals surface area contributed by atoms with Gasteiger partial charge in [0.15, 0.2) is 9.84 Å². The van der Waals surface area contributed by atoms with E-state index in [9.17, 15) is 8.42 Å². The monoisotopic (exact) mass is 315 g/mol. The van der Waals surface area contributed by atoms with Crippen molar-refractivity contribution in [3.8, 4) is 0 Å². The van der Waals surface area contributed by atoms with E-state index < -0.39 is 9.84 Å². The Kier molecular flexibility index (Phi) is 7.39. The van der Waals surface area contributed by atoms with Crippen LogP contribution in [0.15, 0.2) is 6.20 Å². The molecule has 21 heavy (non-hydrogen) atoms. The number of hydrogen-bond acceptors (Lipinski definition) is 4. The highest BCUT2D eigenvalue weighted by Gasteiger charge is 2.13. The van der Waals surface area contributed by atoms with E-state index in [1.54, 1.807) is 6.92 Å². The van der Waals surface area contributed by atoms with Crippen LogP contribution in [0.1, 0.15) is 45.4 Å². The van der Waals surface area contributed by atoms with Crippen molar-refractivity contribution in [3.63, 3.8) is 0 Å². The number of rotatable bonds is 10. The molecule has 5 nitrogen and oxygen atoms in total. The summed E-state index contributed by atoms with van der Waals surface area (Å²) in [4.78, 5) is 0. The van der Waals surface area contributed by atoms with E-state index in [-0.39, 0.29) is 11.5 Å². The smallest absolute Gasteiger partial charge is 0.151 e. The number of sulfone groups is 1. The maximum Gasteiger partial charge on any atom is 0.151 e. The third-order valence-corrected chi connectivity index (χ3v) is 5.13. The number of aromatic nitrogens is 2. The van der Waals surface area contributed by atoms with Gasteiger partial charge in [-0.3, -0.25) is 4.68 Å². The Morgan fingerprint density at radius 3 is 2.62 bits per heavy atom. The molecular formula is C15H29N3O2S. The number of aryl methyl sites for hydroxylation is 1. The minimum absolute atomic E-state index is 0.167. The first-order valence-corrected chi connectivity index (χ1v) is 9.66. The van der Waals surface area contributed by atoms with Gasteiger partial charge in [0.2, 0.25) is 0 Å². The first kappa shape index (κ1) is 18.2. The average Bonchev–Trinajstić information content (AvgIpc) is 2.80. The maximum atomic E-state index is 11.6. The van der Waals surface area contributed by atoms with Crippen molar-refractivity contribution in [1.82, 2.24) is 15.1 Å². The predicted molar refractivity (Wildman–Crippen MR) is 87.1 cm³/mol. The zero-order valence-electron chi connectivity index (χ0n) is 13.7. The number of nitrogens with one attached hydrogen (secondary N) is 1. The first-order chi connectivity index (χ1) is 9.89. The van der Waals surface area contributed by atoms with Gasteiger partial charge in [-0.25, -0.2) is 8.42 Å². The maximum absolute atomic E-state index is 11.6. The normalized spacial score (nSPS) is 12.2. The summed E-state index contributed by atoms with van der Waals surface area (Å²) in [6.07, 6.45) is 3.84. The zero-order valence-corrected chi connectivity index (χ0v) is 14.5. The molecule has 0 aliphatic heterocycles. The summed E-state index contributed by atoms with van der Waals surface area (Å²) in [6.45, 7) is 10.4. The summed E-state index contributed by atoms with van der Waals surface area (Å²) in [5.74, 6) is 0.977. The van der Waals surface area contributed by atoms with Crippen molar-refractivity contribution in [3.05, 3.63) is 17.5 Å². The van der Waals surface area contributed by atoms with E-state index in [0.29, 0.717) is 12.5 Å². The van der Waals surface area contributed by atoms with Crippen LogP contribution in [-0.4, -0.2) is 36.2 Å². The van der Waals surface area contributed by atoms with E-state index in [1.165, 1.54) is 11.3 Å². The highest BCUT2D eigenvalue weighted by Crippen LogP contribution is 2.12. The van der Waals surface area contributed by atoms with Gasteiger partial charge in [-0.05, 0) is 18.9 Å². The molecule has 1 N–H and O–H groups in total. The van der Waals surface area contributed by atoms with Crippen LogP contribution in [0.25, 0.3) is 0 Å². The summed E-state index contributed by atoms with van der Waals surface area (Å²) in [6, 6.07) is 0. The summed E-state index contributed by atoms with van der Waals surface area (Å²) >= 11 is 0. The standard InChI is InChI=1S/C15H29N3O2S/c1-5-7-15-14(11-16-10-13(3)4)12-17-18(15)8-9-21(19,20)6-2/h12-13,16H,5-11H2,1-4H3. The quantitative estimate of drug-likeness (QED) is 0.717. The Morgan fingerprint density at radius 2 is 2.05 bits per heavy atom. The third kappa shape index (κ3) is 6.18. The Hall–Kier alpha value is -0.880. The van der Waals surface area contributed by atoms with Gasteiger partial charge >= 0.3 is 0 Å². The lowest BCUT2D eigenvalue weighted by molar-refractivity contribution is 0.547. The van der Waals surface area contributed by atoms with Crippen molar-refractivity contribution in [2.24, 2.45) is 5.92 Å². The molecular weight excluding hydrogens is 286 g/mol. The molecule has 1 aromatic heterocycles. The second-order valence-corrected chi connectivity index (χ2v) is 8.32. The summed E-state index contributed by atoms with van der Waals surface area (Å²) in [5.41, 5.74) is 2.35. The minimum Gasteiger partial charge on any atom is -0.312 e. The highest BCUT2D eigenvalue weighted by atomic mass is 32.2. The molecule has 1 aromatic rings. The zero-order chi connectivity index (χ0) is 15.9. The van der Waals surface area contributed by atoms with Crippen molar-refractivity contribution in [2.75, 3.05) is 18.1 Å². The van der Waals surface area contributed by atoms with Crippen LogP contribution in [0.3, 0.4) is 0 Å². The van der Waals surface area contributed by atoms with Crippen LogP contribution >= 0.6 is 0 Å². The number of nitrogens with zero attached hydrogens (tertiary/aromatic N) is 2. The molecule has 0 aliphatic rings.